The first kappa shape index (κ1) is 21.2. The van der Waals surface area contributed by atoms with Crippen LogP contribution in [0.1, 0.15) is 11.1 Å². The lowest BCUT2D eigenvalue weighted by atomic mass is 10.2. The zero-order valence-corrected chi connectivity index (χ0v) is 18.4. The number of para-hydroxylation sites is 1. The number of ether oxygens (including phenoxy) is 2. The predicted molar refractivity (Wildman–Crippen MR) is 126 cm³/mol. The fourth-order valence-corrected chi connectivity index (χ4v) is 4.25. The fraction of sp³-hybridized carbons (Fsp3) is 0.125. The van der Waals surface area contributed by atoms with E-state index in [9.17, 15) is 4.79 Å². The Balaban J connectivity index is 1.48. The van der Waals surface area contributed by atoms with Crippen molar-refractivity contribution in [3.8, 4) is 11.5 Å². The van der Waals surface area contributed by atoms with Crippen LogP contribution in [0.15, 0.2) is 77.7 Å². The molecule has 3 aromatic rings. The normalized spacial score (nSPS) is 16.8. The number of nitrogens with one attached hydrogen (secondary N) is 2. The second kappa shape index (κ2) is 9.81. The molecule has 0 saturated carbocycles. The standard InChI is InChI=1S/C24H21ClN2O3S/c1-29-21-12-11-18(25)14-19(21)26-24-27-23(28)22(31-24)13-17-9-5-6-10-20(17)30-15-16-7-3-2-4-8-16/h2-14,24,26H,15H2,1H3,(H,27,28)/b22-13-. The molecule has 0 bridgehead atoms. The highest BCUT2D eigenvalue weighted by atomic mass is 35.5. The molecule has 0 aliphatic carbocycles. The van der Waals surface area contributed by atoms with Gasteiger partial charge in [0.25, 0.3) is 5.91 Å². The summed E-state index contributed by atoms with van der Waals surface area (Å²) in [6.07, 6.45) is 1.84. The average Bonchev–Trinajstić information content (AvgIpc) is 3.12. The van der Waals surface area contributed by atoms with Gasteiger partial charge in [-0.3, -0.25) is 4.79 Å². The van der Waals surface area contributed by atoms with Crippen molar-refractivity contribution in [1.82, 2.24) is 5.32 Å². The Bertz CT molecular complexity index is 1100. The number of halogens is 1. The van der Waals surface area contributed by atoms with Gasteiger partial charge >= 0.3 is 0 Å². The molecular formula is C24H21ClN2O3S. The molecule has 1 fully saturated rings. The molecule has 1 amide bonds. The highest BCUT2D eigenvalue weighted by Gasteiger charge is 2.28. The van der Waals surface area contributed by atoms with E-state index in [1.807, 2.05) is 60.7 Å². The van der Waals surface area contributed by atoms with Gasteiger partial charge in [0.1, 0.15) is 18.1 Å². The Kier molecular flexibility index (Phi) is 6.70. The minimum Gasteiger partial charge on any atom is -0.495 e. The van der Waals surface area contributed by atoms with Crippen molar-refractivity contribution in [3.05, 3.63) is 93.9 Å². The van der Waals surface area contributed by atoms with Crippen molar-refractivity contribution in [3.63, 3.8) is 0 Å². The Labute approximate surface area is 190 Å². The molecule has 0 aromatic heterocycles. The van der Waals surface area contributed by atoms with Crippen molar-refractivity contribution >= 4 is 41.0 Å². The van der Waals surface area contributed by atoms with Crippen molar-refractivity contribution in [2.45, 2.75) is 12.1 Å². The zero-order chi connectivity index (χ0) is 21.6. The Hall–Kier alpha value is -3.09. The highest BCUT2D eigenvalue weighted by molar-refractivity contribution is 8.05. The molecule has 3 aromatic carbocycles. The molecule has 31 heavy (non-hydrogen) atoms. The molecule has 4 rings (SSSR count). The molecule has 1 unspecified atom stereocenters. The van der Waals surface area contributed by atoms with Gasteiger partial charge in [-0.15, -0.1) is 0 Å². The van der Waals surface area contributed by atoms with E-state index in [2.05, 4.69) is 10.6 Å². The molecule has 2 N–H and O–H groups in total. The molecule has 158 valence electrons. The van der Waals surface area contributed by atoms with Crippen LogP contribution in [0.25, 0.3) is 6.08 Å². The van der Waals surface area contributed by atoms with E-state index in [1.165, 1.54) is 11.8 Å². The minimum atomic E-state index is -0.344. The summed E-state index contributed by atoms with van der Waals surface area (Å²) in [7, 11) is 1.59. The summed E-state index contributed by atoms with van der Waals surface area (Å²) >= 11 is 7.49. The number of benzene rings is 3. The van der Waals surface area contributed by atoms with Crippen LogP contribution >= 0.6 is 23.4 Å². The van der Waals surface area contributed by atoms with E-state index in [0.717, 1.165) is 16.9 Å². The van der Waals surface area contributed by atoms with Crippen molar-refractivity contribution in [2.24, 2.45) is 0 Å². The number of carbonyl (C=O) groups excluding carboxylic acids is 1. The summed E-state index contributed by atoms with van der Waals surface area (Å²) in [5.41, 5.74) is 2.29. The lowest BCUT2D eigenvalue weighted by Gasteiger charge is -2.15. The van der Waals surface area contributed by atoms with Gasteiger partial charge in [0.2, 0.25) is 0 Å². The number of hydrogen-bond acceptors (Lipinski definition) is 5. The summed E-state index contributed by atoms with van der Waals surface area (Å²) in [5, 5.41) is 6.77. The Morgan fingerprint density at radius 2 is 1.84 bits per heavy atom. The van der Waals surface area contributed by atoms with Gasteiger partial charge in [-0.25, -0.2) is 0 Å². The third kappa shape index (κ3) is 5.34. The predicted octanol–water partition coefficient (Wildman–Crippen LogP) is 5.53. The summed E-state index contributed by atoms with van der Waals surface area (Å²) in [5.74, 6) is 1.22. The molecule has 1 atom stereocenters. The van der Waals surface area contributed by atoms with E-state index < -0.39 is 0 Å². The lowest BCUT2D eigenvalue weighted by Crippen LogP contribution is -2.31. The highest BCUT2D eigenvalue weighted by Crippen LogP contribution is 2.35. The van der Waals surface area contributed by atoms with E-state index >= 15 is 0 Å². The summed E-state index contributed by atoms with van der Waals surface area (Å²) < 4.78 is 11.4. The van der Waals surface area contributed by atoms with Gasteiger partial charge in [0.15, 0.2) is 5.50 Å². The molecular weight excluding hydrogens is 432 g/mol. The number of thioether (sulfide) groups is 1. The number of methoxy groups -OCH3 is 1. The first-order chi connectivity index (χ1) is 15.1. The van der Waals surface area contributed by atoms with Gasteiger partial charge < -0.3 is 20.1 Å². The van der Waals surface area contributed by atoms with Gasteiger partial charge in [0.05, 0.1) is 17.7 Å². The average molecular weight is 453 g/mol. The molecule has 0 radical (unpaired) electrons. The molecule has 1 saturated heterocycles. The molecule has 1 aliphatic rings. The Morgan fingerprint density at radius 1 is 1.06 bits per heavy atom. The van der Waals surface area contributed by atoms with Crippen LogP contribution in [0.2, 0.25) is 5.02 Å². The molecule has 1 aliphatic heterocycles. The first-order valence-corrected chi connectivity index (χ1v) is 10.9. The van der Waals surface area contributed by atoms with Gasteiger partial charge in [0, 0.05) is 10.6 Å². The van der Waals surface area contributed by atoms with Crippen LogP contribution < -0.4 is 20.1 Å². The van der Waals surface area contributed by atoms with E-state index in [1.54, 1.807) is 25.3 Å². The fourth-order valence-electron chi connectivity index (χ4n) is 3.11. The minimum absolute atomic E-state index is 0.152. The SMILES string of the molecule is COc1ccc(Cl)cc1NC1NC(=O)/C(=C/c2ccccc2OCc2ccccc2)S1. The van der Waals surface area contributed by atoms with Crippen LogP contribution in [0, 0.1) is 0 Å². The molecule has 0 spiro atoms. The quantitative estimate of drug-likeness (QED) is 0.462. The lowest BCUT2D eigenvalue weighted by molar-refractivity contribution is -0.116. The van der Waals surface area contributed by atoms with Gasteiger partial charge in [-0.1, -0.05) is 71.9 Å². The van der Waals surface area contributed by atoms with Crippen molar-refractivity contribution in [2.75, 3.05) is 12.4 Å². The first-order valence-electron chi connectivity index (χ1n) is 9.67. The summed E-state index contributed by atoms with van der Waals surface area (Å²) in [6.45, 7) is 0.457. The third-order valence-corrected chi connectivity index (χ3v) is 5.89. The van der Waals surface area contributed by atoms with Gasteiger partial charge in [-0.05, 0) is 35.9 Å². The van der Waals surface area contributed by atoms with Crippen LogP contribution in [0.5, 0.6) is 11.5 Å². The maximum atomic E-state index is 12.6. The van der Waals surface area contributed by atoms with Crippen LogP contribution in [0.4, 0.5) is 5.69 Å². The van der Waals surface area contributed by atoms with E-state index in [4.69, 9.17) is 21.1 Å². The molecule has 7 heteroatoms. The van der Waals surface area contributed by atoms with Crippen molar-refractivity contribution < 1.29 is 14.3 Å². The number of anilines is 1. The monoisotopic (exact) mass is 452 g/mol. The number of hydrogen-bond donors (Lipinski definition) is 2. The Morgan fingerprint density at radius 3 is 2.65 bits per heavy atom. The number of rotatable bonds is 7. The third-order valence-electron chi connectivity index (χ3n) is 4.62. The maximum absolute atomic E-state index is 12.6. The van der Waals surface area contributed by atoms with Gasteiger partial charge in [-0.2, -0.15) is 0 Å². The second-order valence-corrected chi connectivity index (χ2v) is 8.36. The van der Waals surface area contributed by atoms with E-state index in [0.29, 0.717) is 28.0 Å². The number of amides is 1. The molecule has 1 heterocycles. The zero-order valence-electron chi connectivity index (χ0n) is 16.8. The largest absolute Gasteiger partial charge is 0.495 e. The van der Waals surface area contributed by atoms with Crippen LogP contribution in [-0.2, 0) is 11.4 Å². The van der Waals surface area contributed by atoms with Crippen LogP contribution in [-0.4, -0.2) is 18.5 Å². The molecule has 5 nitrogen and oxygen atoms in total. The van der Waals surface area contributed by atoms with Crippen molar-refractivity contribution in [1.29, 1.82) is 0 Å². The van der Waals surface area contributed by atoms with Crippen LogP contribution in [0.3, 0.4) is 0 Å². The second-order valence-electron chi connectivity index (χ2n) is 6.78. The smallest absolute Gasteiger partial charge is 0.260 e. The topological polar surface area (TPSA) is 59.6 Å². The summed E-state index contributed by atoms with van der Waals surface area (Å²) in [6, 6.07) is 22.9. The summed E-state index contributed by atoms with van der Waals surface area (Å²) in [4.78, 5) is 13.1. The number of carbonyl (C=O) groups is 1. The van der Waals surface area contributed by atoms with E-state index in [-0.39, 0.29) is 11.4 Å². The maximum Gasteiger partial charge on any atom is 0.260 e.